The van der Waals surface area contributed by atoms with Crippen molar-refractivity contribution < 1.29 is 14.4 Å². The molecule has 2 amide bonds. The topological polar surface area (TPSA) is 81.5 Å². The lowest BCUT2D eigenvalue weighted by Gasteiger charge is -2.35. The van der Waals surface area contributed by atoms with Crippen LogP contribution >= 0.6 is 0 Å². The van der Waals surface area contributed by atoms with Crippen LogP contribution in [0.15, 0.2) is 36.4 Å². The van der Waals surface area contributed by atoms with E-state index in [2.05, 4.69) is 6.07 Å². The summed E-state index contributed by atoms with van der Waals surface area (Å²) in [4.78, 5) is 39.8. The van der Waals surface area contributed by atoms with Gasteiger partial charge in [0.05, 0.1) is 11.3 Å². The van der Waals surface area contributed by atoms with Gasteiger partial charge in [0, 0.05) is 24.2 Å². The maximum atomic E-state index is 12.9. The molecule has 27 heavy (non-hydrogen) atoms. The fourth-order valence-electron chi connectivity index (χ4n) is 3.30. The third-order valence-electron chi connectivity index (χ3n) is 4.79. The molecule has 2 aromatic rings. The van der Waals surface area contributed by atoms with Gasteiger partial charge in [0.1, 0.15) is 18.9 Å². The van der Waals surface area contributed by atoms with E-state index < -0.39 is 0 Å². The predicted molar refractivity (Wildman–Crippen MR) is 101 cm³/mol. The predicted octanol–water partition coefficient (Wildman–Crippen LogP) is 2.48. The number of benzene rings is 2. The van der Waals surface area contributed by atoms with Crippen molar-refractivity contribution in [3.8, 4) is 6.07 Å². The number of rotatable bonds is 3. The first-order chi connectivity index (χ1) is 13.0. The number of hydrogen-bond donors (Lipinski definition) is 0. The maximum Gasteiger partial charge on any atom is 0.254 e. The van der Waals surface area contributed by atoms with Gasteiger partial charge in [-0.25, -0.2) is 0 Å². The first-order valence-corrected chi connectivity index (χ1v) is 8.61. The molecule has 2 aromatic carbocycles. The van der Waals surface area contributed by atoms with Crippen LogP contribution in [0.3, 0.4) is 0 Å². The maximum absolute atomic E-state index is 12.9. The highest BCUT2D eigenvalue weighted by atomic mass is 16.2. The lowest BCUT2D eigenvalue weighted by Crippen LogP contribution is -2.52. The van der Waals surface area contributed by atoms with Crippen LogP contribution in [0.25, 0.3) is 0 Å². The van der Waals surface area contributed by atoms with Crippen LogP contribution in [0.4, 0.5) is 5.69 Å². The molecule has 136 valence electrons. The van der Waals surface area contributed by atoms with Gasteiger partial charge in [-0.1, -0.05) is 18.2 Å². The molecule has 1 fully saturated rings. The van der Waals surface area contributed by atoms with E-state index in [9.17, 15) is 19.6 Å². The minimum atomic E-state index is -0.267. The van der Waals surface area contributed by atoms with Gasteiger partial charge in [-0.2, -0.15) is 5.26 Å². The molecule has 0 radical (unpaired) electrons. The van der Waals surface area contributed by atoms with E-state index in [1.54, 1.807) is 41.3 Å². The monoisotopic (exact) mass is 361 g/mol. The zero-order chi connectivity index (χ0) is 19.6. The lowest BCUT2D eigenvalue weighted by atomic mass is 9.99. The third kappa shape index (κ3) is 3.44. The number of piperazine rings is 1. The summed E-state index contributed by atoms with van der Waals surface area (Å²) in [6, 6.07) is 12.4. The molecule has 0 spiro atoms. The number of hydrogen-bond acceptors (Lipinski definition) is 4. The lowest BCUT2D eigenvalue weighted by molar-refractivity contribution is -0.120. The molecule has 1 saturated heterocycles. The number of carbonyl (C=O) groups is 3. The average Bonchev–Trinajstić information content (AvgIpc) is 2.67. The number of nitrogens with zero attached hydrogens (tertiary/aromatic N) is 3. The van der Waals surface area contributed by atoms with Crippen LogP contribution in [0, 0.1) is 25.2 Å². The van der Waals surface area contributed by atoms with E-state index in [-0.39, 0.29) is 18.4 Å². The fourth-order valence-corrected chi connectivity index (χ4v) is 3.30. The number of nitriles is 1. The summed E-state index contributed by atoms with van der Waals surface area (Å²) in [6.45, 7) is 4.24. The Kier molecular flexibility index (Phi) is 5.04. The van der Waals surface area contributed by atoms with Crippen molar-refractivity contribution in [1.29, 1.82) is 5.26 Å². The van der Waals surface area contributed by atoms with E-state index >= 15 is 0 Å². The van der Waals surface area contributed by atoms with Crippen LogP contribution < -0.4 is 4.90 Å². The van der Waals surface area contributed by atoms with Crippen LogP contribution in [-0.2, 0) is 4.79 Å². The van der Waals surface area contributed by atoms with Crippen molar-refractivity contribution >= 4 is 23.8 Å². The second-order valence-corrected chi connectivity index (χ2v) is 6.54. The smallest absolute Gasteiger partial charge is 0.254 e. The Labute approximate surface area is 157 Å². The molecule has 0 unspecified atom stereocenters. The second-order valence-electron chi connectivity index (χ2n) is 6.54. The zero-order valence-electron chi connectivity index (χ0n) is 15.2. The Morgan fingerprint density at radius 1 is 1.15 bits per heavy atom. The van der Waals surface area contributed by atoms with Gasteiger partial charge >= 0.3 is 0 Å². The highest BCUT2D eigenvalue weighted by molar-refractivity contribution is 6.03. The highest BCUT2D eigenvalue weighted by Crippen LogP contribution is 2.23. The number of amides is 2. The van der Waals surface area contributed by atoms with E-state index in [1.165, 1.54) is 4.90 Å². The van der Waals surface area contributed by atoms with Crippen LogP contribution in [0.1, 0.15) is 37.4 Å². The van der Waals surface area contributed by atoms with Crippen LogP contribution in [0.2, 0.25) is 0 Å². The molecule has 6 heteroatoms. The number of carbonyl (C=O) groups excluding carboxylic acids is 3. The summed E-state index contributed by atoms with van der Waals surface area (Å²) < 4.78 is 0. The molecular formula is C21H19N3O3. The van der Waals surface area contributed by atoms with Gasteiger partial charge in [-0.15, -0.1) is 0 Å². The van der Waals surface area contributed by atoms with Crippen LogP contribution in [-0.4, -0.2) is 42.6 Å². The summed E-state index contributed by atoms with van der Waals surface area (Å²) in [5, 5.41) is 9.25. The van der Waals surface area contributed by atoms with Crippen LogP contribution in [0.5, 0.6) is 0 Å². The molecule has 3 rings (SSSR count). The summed E-state index contributed by atoms with van der Waals surface area (Å²) in [6.07, 6.45) is 0.730. The largest absolute Gasteiger partial charge is 0.328 e. The summed E-state index contributed by atoms with van der Waals surface area (Å²) in [5.41, 5.74) is 3.47. The third-order valence-corrected chi connectivity index (χ3v) is 4.79. The molecule has 1 aliphatic rings. The molecule has 1 heterocycles. The number of anilines is 1. The second kappa shape index (κ2) is 7.42. The molecule has 0 aliphatic carbocycles. The minimum absolute atomic E-state index is 0.0671. The van der Waals surface area contributed by atoms with E-state index in [1.807, 2.05) is 13.8 Å². The molecular weight excluding hydrogens is 342 g/mol. The van der Waals surface area contributed by atoms with Crippen molar-refractivity contribution in [3.05, 3.63) is 64.2 Å². The first-order valence-electron chi connectivity index (χ1n) is 8.61. The van der Waals surface area contributed by atoms with E-state index in [0.29, 0.717) is 35.5 Å². The Morgan fingerprint density at radius 3 is 2.56 bits per heavy atom. The molecule has 0 saturated carbocycles. The molecule has 1 aliphatic heterocycles. The van der Waals surface area contributed by atoms with Crippen molar-refractivity contribution in [1.82, 2.24) is 4.90 Å². The molecule has 0 bridgehead atoms. The Balaban J connectivity index is 1.83. The quantitative estimate of drug-likeness (QED) is 0.787. The van der Waals surface area contributed by atoms with Gasteiger partial charge in [0.2, 0.25) is 5.91 Å². The normalized spacial score (nSPS) is 14.0. The molecule has 6 nitrogen and oxygen atoms in total. The molecule has 0 aromatic heterocycles. The Hall–Kier alpha value is -3.46. The summed E-state index contributed by atoms with van der Waals surface area (Å²) in [5.74, 6) is -0.505. The van der Waals surface area contributed by atoms with Crippen molar-refractivity contribution in [2.24, 2.45) is 0 Å². The van der Waals surface area contributed by atoms with Gasteiger partial charge < -0.3 is 9.80 Å². The Bertz CT molecular complexity index is 975. The average molecular weight is 361 g/mol. The standard InChI is InChI=1S/C21H19N3O3/c1-14-9-15(2)18(10-17(14)13-25)21(27)23-7-8-24(20(26)12-23)19-6-4-3-5-16(19)11-22/h3-6,9-10,13H,7-8,12H2,1-2H3. The van der Waals surface area contributed by atoms with Crippen molar-refractivity contribution in [3.63, 3.8) is 0 Å². The van der Waals surface area contributed by atoms with Gasteiger partial charge in [-0.05, 0) is 43.2 Å². The van der Waals surface area contributed by atoms with E-state index in [4.69, 9.17) is 0 Å². The highest BCUT2D eigenvalue weighted by Gasteiger charge is 2.30. The molecule has 0 atom stereocenters. The summed E-state index contributed by atoms with van der Waals surface area (Å²) in [7, 11) is 0. The first kappa shape index (κ1) is 18.3. The Morgan fingerprint density at radius 2 is 1.89 bits per heavy atom. The number of aryl methyl sites for hydroxylation is 2. The number of para-hydroxylation sites is 1. The van der Waals surface area contributed by atoms with Gasteiger partial charge in [0.15, 0.2) is 0 Å². The van der Waals surface area contributed by atoms with Gasteiger partial charge in [-0.3, -0.25) is 14.4 Å². The van der Waals surface area contributed by atoms with Crippen molar-refractivity contribution in [2.45, 2.75) is 13.8 Å². The van der Waals surface area contributed by atoms with E-state index in [0.717, 1.165) is 17.4 Å². The zero-order valence-corrected chi connectivity index (χ0v) is 15.2. The summed E-state index contributed by atoms with van der Waals surface area (Å²) >= 11 is 0. The number of aldehydes is 1. The van der Waals surface area contributed by atoms with Crippen molar-refractivity contribution in [2.75, 3.05) is 24.5 Å². The van der Waals surface area contributed by atoms with Gasteiger partial charge in [0.25, 0.3) is 5.91 Å². The SMILES string of the molecule is Cc1cc(C)c(C(=O)N2CCN(c3ccccc3C#N)C(=O)C2)cc1C=O. The minimum Gasteiger partial charge on any atom is -0.328 e. The molecule has 0 N–H and O–H groups in total. The fraction of sp³-hybridized carbons (Fsp3) is 0.238.